The molecule has 21 heavy (non-hydrogen) atoms. The Morgan fingerprint density at radius 1 is 1.24 bits per heavy atom. The van der Waals surface area contributed by atoms with E-state index in [4.69, 9.17) is 5.73 Å². The molecular weight excluding hydrogens is 290 g/mol. The summed E-state index contributed by atoms with van der Waals surface area (Å²) in [5.41, 5.74) is 5.82. The summed E-state index contributed by atoms with van der Waals surface area (Å²) in [6, 6.07) is 5.45. The fraction of sp³-hybridized carbons (Fsp3) is 0.429. The molecule has 6 nitrogen and oxygen atoms in total. The Hall–Kier alpha value is -1.89. The lowest BCUT2D eigenvalue weighted by molar-refractivity contribution is -0.120. The molecule has 4 N–H and O–H groups in total. The highest BCUT2D eigenvalue weighted by atomic mass is 32.2. The normalized spacial score (nSPS) is 13.5. The van der Waals surface area contributed by atoms with Crippen LogP contribution in [0.5, 0.6) is 0 Å². The summed E-state index contributed by atoms with van der Waals surface area (Å²) < 4.78 is 11.3. The largest absolute Gasteiger partial charge is 0.368 e. The summed E-state index contributed by atoms with van der Waals surface area (Å²) in [4.78, 5) is 23.8. The number of hydrogen-bond acceptors (Lipinski definition) is 3. The van der Waals surface area contributed by atoms with Crippen LogP contribution in [0.3, 0.4) is 0 Å². The van der Waals surface area contributed by atoms with Crippen LogP contribution in [0.4, 0.5) is 10.5 Å². The molecule has 3 amide bonds. The van der Waals surface area contributed by atoms with Gasteiger partial charge in [-0.3, -0.25) is 9.00 Å². The molecule has 0 aromatic heterocycles. The zero-order valence-electron chi connectivity index (χ0n) is 12.4. The molecule has 0 radical (unpaired) electrons. The number of rotatable bonds is 6. The van der Waals surface area contributed by atoms with E-state index in [1.54, 1.807) is 30.5 Å². The molecule has 0 fully saturated rings. The molecule has 2 atom stereocenters. The minimum Gasteiger partial charge on any atom is -0.368 e. The van der Waals surface area contributed by atoms with Crippen molar-refractivity contribution in [2.45, 2.75) is 31.2 Å². The summed E-state index contributed by atoms with van der Waals surface area (Å²) in [5.74, 6) is -0.322. The van der Waals surface area contributed by atoms with Gasteiger partial charge in [-0.25, -0.2) is 4.79 Å². The first-order chi connectivity index (χ1) is 9.79. The van der Waals surface area contributed by atoms with Gasteiger partial charge in [0.15, 0.2) is 0 Å². The van der Waals surface area contributed by atoms with Gasteiger partial charge in [-0.1, -0.05) is 13.8 Å². The summed E-state index contributed by atoms with van der Waals surface area (Å²) in [5, 5.41) is 5.16. The number of urea groups is 1. The molecule has 1 unspecified atom stereocenters. The SMILES string of the molecule is CC(C)C[C@H](NC(=O)Nc1ccc(S(C)=O)cc1)C(N)=O. The van der Waals surface area contributed by atoms with Crippen LogP contribution in [0, 0.1) is 5.92 Å². The van der Waals surface area contributed by atoms with Gasteiger partial charge in [0.05, 0.1) is 0 Å². The van der Waals surface area contributed by atoms with Crippen molar-refractivity contribution in [3.63, 3.8) is 0 Å². The number of carbonyl (C=O) groups is 2. The lowest BCUT2D eigenvalue weighted by atomic mass is 10.0. The van der Waals surface area contributed by atoms with E-state index in [0.29, 0.717) is 17.0 Å². The van der Waals surface area contributed by atoms with E-state index < -0.39 is 28.8 Å². The Bertz CT molecular complexity index is 529. The summed E-state index contributed by atoms with van der Waals surface area (Å²) in [7, 11) is -1.06. The second-order valence-electron chi connectivity index (χ2n) is 5.16. The zero-order valence-corrected chi connectivity index (χ0v) is 13.2. The van der Waals surface area contributed by atoms with Crippen LogP contribution in [-0.2, 0) is 15.6 Å². The predicted molar refractivity (Wildman–Crippen MR) is 83.4 cm³/mol. The third-order valence-corrected chi connectivity index (χ3v) is 3.74. The molecule has 1 aromatic carbocycles. The maximum absolute atomic E-state index is 11.8. The van der Waals surface area contributed by atoms with Gasteiger partial charge in [0, 0.05) is 27.6 Å². The monoisotopic (exact) mass is 311 g/mol. The molecule has 7 heteroatoms. The topological polar surface area (TPSA) is 101 Å². The minimum absolute atomic E-state index is 0.238. The van der Waals surface area contributed by atoms with Crippen LogP contribution < -0.4 is 16.4 Å². The second kappa shape index (κ2) is 7.78. The Kier molecular flexibility index (Phi) is 6.36. The molecule has 116 valence electrons. The first-order valence-electron chi connectivity index (χ1n) is 6.60. The third-order valence-electron chi connectivity index (χ3n) is 2.80. The van der Waals surface area contributed by atoms with Crippen molar-refractivity contribution in [2.75, 3.05) is 11.6 Å². The van der Waals surface area contributed by atoms with Crippen molar-refractivity contribution in [2.24, 2.45) is 11.7 Å². The number of nitrogens with one attached hydrogen (secondary N) is 2. The average Bonchev–Trinajstić information content (AvgIpc) is 2.37. The first-order valence-corrected chi connectivity index (χ1v) is 8.15. The van der Waals surface area contributed by atoms with Crippen molar-refractivity contribution >= 4 is 28.4 Å². The molecule has 1 rings (SSSR count). The number of anilines is 1. The van der Waals surface area contributed by atoms with Gasteiger partial charge in [-0.05, 0) is 36.6 Å². The van der Waals surface area contributed by atoms with E-state index in [1.165, 1.54) is 0 Å². The lowest BCUT2D eigenvalue weighted by Crippen LogP contribution is -2.46. The van der Waals surface area contributed by atoms with Crippen LogP contribution in [0.2, 0.25) is 0 Å². The maximum atomic E-state index is 11.8. The molecule has 0 aliphatic carbocycles. The van der Waals surface area contributed by atoms with Gasteiger partial charge in [0.2, 0.25) is 5.91 Å². The van der Waals surface area contributed by atoms with Crippen LogP contribution in [-0.4, -0.2) is 28.4 Å². The van der Waals surface area contributed by atoms with Gasteiger partial charge in [0.25, 0.3) is 0 Å². The quantitative estimate of drug-likeness (QED) is 0.741. The van der Waals surface area contributed by atoms with E-state index in [2.05, 4.69) is 10.6 Å². The number of benzene rings is 1. The fourth-order valence-corrected chi connectivity index (χ4v) is 2.29. The maximum Gasteiger partial charge on any atom is 0.319 e. The van der Waals surface area contributed by atoms with Gasteiger partial charge in [-0.15, -0.1) is 0 Å². The van der Waals surface area contributed by atoms with Gasteiger partial charge < -0.3 is 16.4 Å². The predicted octanol–water partition coefficient (Wildman–Crippen LogP) is 1.45. The Morgan fingerprint density at radius 3 is 2.24 bits per heavy atom. The van der Waals surface area contributed by atoms with E-state index >= 15 is 0 Å². The van der Waals surface area contributed by atoms with E-state index in [9.17, 15) is 13.8 Å². The molecule has 0 spiro atoms. The molecule has 0 aliphatic rings. The van der Waals surface area contributed by atoms with E-state index in [1.807, 2.05) is 13.8 Å². The standard InChI is InChI=1S/C14H21N3O3S/c1-9(2)8-12(13(15)18)17-14(19)16-10-4-6-11(7-5-10)21(3)20/h4-7,9,12H,8H2,1-3H3,(H2,15,18)(H2,16,17,19)/t12-,21?/m0/s1. The molecule has 0 saturated carbocycles. The van der Waals surface area contributed by atoms with Crippen molar-refractivity contribution in [1.82, 2.24) is 5.32 Å². The molecule has 0 heterocycles. The highest BCUT2D eigenvalue weighted by molar-refractivity contribution is 7.84. The average molecular weight is 311 g/mol. The zero-order chi connectivity index (χ0) is 16.0. The first kappa shape index (κ1) is 17.2. The highest BCUT2D eigenvalue weighted by Gasteiger charge is 2.19. The molecule has 1 aromatic rings. The molecular formula is C14H21N3O3S. The van der Waals surface area contributed by atoms with Gasteiger partial charge in [-0.2, -0.15) is 0 Å². The van der Waals surface area contributed by atoms with E-state index in [-0.39, 0.29) is 5.92 Å². The van der Waals surface area contributed by atoms with Crippen LogP contribution >= 0.6 is 0 Å². The number of hydrogen-bond donors (Lipinski definition) is 3. The Balaban J connectivity index is 2.63. The summed E-state index contributed by atoms with van der Waals surface area (Å²) in [6.45, 7) is 3.89. The molecule has 0 saturated heterocycles. The van der Waals surface area contributed by atoms with Gasteiger partial charge >= 0.3 is 6.03 Å². The van der Waals surface area contributed by atoms with E-state index in [0.717, 1.165) is 0 Å². The Morgan fingerprint density at radius 2 is 1.81 bits per heavy atom. The van der Waals surface area contributed by atoms with Crippen molar-refractivity contribution in [3.8, 4) is 0 Å². The molecule has 0 bridgehead atoms. The fourth-order valence-electron chi connectivity index (χ4n) is 1.77. The van der Waals surface area contributed by atoms with Crippen LogP contribution in [0.1, 0.15) is 20.3 Å². The van der Waals surface area contributed by atoms with Crippen molar-refractivity contribution in [3.05, 3.63) is 24.3 Å². The lowest BCUT2D eigenvalue weighted by Gasteiger charge is -2.17. The second-order valence-corrected chi connectivity index (χ2v) is 6.54. The minimum atomic E-state index is -1.06. The number of amides is 3. The number of nitrogens with two attached hydrogens (primary N) is 1. The van der Waals surface area contributed by atoms with Crippen LogP contribution in [0.15, 0.2) is 29.2 Å². The summed E-state index contributed by atoms with van der Waals surface area (Å²) >= 11 is 0. The third kappa shape index (κ3) is 5.95. The van der Waals surface area contributed by atoms with Crippen molar-refractivity contribution < 1.29 is 13.8 Å². The van der Waals surface area contributed by atoms with Gasteiger partial charge in [0.1, 0.15) is 6.04 Å². The molecule has 0 aliphatic heterocycles. The van der Waals surface area contributed by atoms with Crippen molar-refractivity contribution in [1.29, 1.82) is 0 Å². The number of carbonyl (C=O) groups excluding carboxylic acids is 2. The summed E-state index contributed by atoms with van der Waals surface area (Å²) in [6.07, 6.45) is 2.06. The Labute approximate surface area is 126 Å². The smallest absolute Gasteiger partial charge is 0.319 e. The number of primary amides is 1. The highest BCUT2D eigenvalue weighted by Crippen LogP contribution is 2.12. The van der Waals surface area contributed by atoms with Crippen LogP contribution in [0.25, 0.3) is 0 Å².